The van der Waals surface area contributed by atoms with Gasteiger partial charge >= 0.3 is 0 Å². The summed E-state index contributed by atoms with van der Waals surface area (Å²) in [5.74, 6) is 0.536. The highest BCUT2D eigenvalue weighted by Gasteiger charge is 2.12. The van der Waals surface area contributed by atoms with Crippen molar-refractivity contribution in [2.45, 2.75) is 0 Å². The van der Waals surface area contributed by atoms with Crippen molar-refractivity contribution in [3.05, 3.63) is 47.7 Å². The van der Waals surface area contributed by atoms with Gasteiger partial charge in [-0.2, -0.15) is 0 Å². The van der Waals surface area contributed by atoms with Gasteiger partial charge in [0.2, 0.25) is 0 Å². The van der Waals surface area contributed by atoms with Crippen LogP contribution >= 0.6 is 11.3 Å². The van der Waals surface area contributed by atoms with Gasteiger partial charge < -0.3 is 10.1 Å². The Morgan fingerprint density at radius 3 is 3.21 bits per heavy atom. The second-order valence-electron chi connectivity index (χ2n) is 3.89. The number of nitrogens with one attached hydrogen (secondary N) is 1. The third-order valence-electron chi connectivity index (χ3n) is 2.70. The highest BCUT2D eigenvalue weighted by Crippen LogP contribution is 2.19. The number of rotatable bonds is 3. The van der Waals surface area contributed by atoms with E-state index in [1.54, 1.807) is 35.4 Å². The smallest absolute Gasteiger partial charge is 0.273 e. The lowest BCUT2D eigenvalue weighted by Crippen LogP contribution is -2.13. The number of amides is 1. The first-order valence-corrected chi connectivity index (χ1v) is 6.52. The molecule has 0 radical (unpaired) electrons. The van der Waals surface area contributed by atoms with Gasteiger partial charge in [-0.25, -0.2) is 4.98 Å². The maximum atomic E-state index is 12.2. The minimum Gasteiger partial charge on any atom is -0.497 e. The van der Waals surface area contributed by atoms with Gasteiger partial charge in [0.15, 0.2) is 4.96 Å². The number of aromatic nitrogens is 2. The molecule has 3 aromatic rings. The van der Waals surface area contributed by atoms with Gasteiger partial charge in [0.25, 0.3) is 5.91 Å². The molecule has 0 fully saturated rings. The van der Waals surface area contributed by atoms with Crippen LogP contribution in [0.5, 0.6) is 5.75 Å². The predicted molar refractivity (Wildman–Crippen MR) is 74.0 cm³/mol. The van der Waals surface area contributed by atoms with Crippen LogP contribution in [0.1, 0.15) is 10.5 Å². The fraction of sp³-hybridized carbons (Fsp3) is 0.0769. The third-order valence-corrected chi connectivity index (χ3v) is 3.56. The van der Waals surface area contributed by atoms with Crippen molar-refractivity contribution in [3.63, 3.8) is 0 Å². The van der Waals surface area contributed by atoms with Gasteiger partial charge in [-0.3, -0.25) is 9.20 Å². The number of carbonyl (C=O) groups excluding carboxylic acids is 1. The standard InChI is InChI=1S/C13H11N3O2S/c1-18-10-4-2-3-9(7-10)15-12(17)11-8-19-13-14-5-6-16(11)13/h2-8H,1H3,(H,15,17). The fourth-order valence-electron chi connectivity index (χ4n) is 1.78. The van der Waals surface area contributed by atoms with E-state index in [9.17, 15) is 4.79 Å². The Kier molecular flexibility index (Phi) is 2.92. The second-order valence-corrected chi connectivity index (χ2v) is 4.72. The number of methoxy groups -OCH3 is 1. The Morgan fingerprint density at radius 2 is 2.37 bits per heavy atom. The quantitative estimate of drug-likeness (QED) is 0.798. The fourth-order valence-corrected chi connectivity index (χ4v) is 2.62. The van der Waals surface area contributed by atoms with E-state index in [4.69, 9.17) is 4.74 Å². The van der Waals surface area contributed by atoms with E-state index in [1.165, 1.54) is 11.3 Å². The van der Waals surface area contributed by atoms with Gasteiger partial charge in [0.1, 0.15) is 11.4 Å². The second kappa shape index (κ2) is 4.74. The summed E-state index contributed by atoms with van der Waals surface area (Å²) in [7, 11) is 1.59. The molecule has 5 nitrogen and oxygen atoms in total. The molecular formula is C13H11N3O2S. The molecule has 0 atom stereocenters. The van der Waals surface area contributed by atoms with Crippen molar-refractivity contribution in [2.24, 2.45) is 0 Å². The van der Waals surface area contributed by atoms with Crippen LogP contribution in [0, 0.1) is 0 Å². The van der Waals surface area contributed by atoms with Crippen molar-refractivity contribution in [3.8, 4) is 5.75 Å². The summed E-state index contributed by atoms with van der Waals surface area (Å²) in [6.07, 6.45) is 3.44. The first kappa shape index (κ1) is 11.7. The molecule has 2 heterocycles. The SMILES string of the molecule is COc1cccc(NC(=O)c2csc3nccn23)c1. The summed E-state index contributed by atoms with van der Waals surface area (Å²) in [4.78, 5) is 17.1. The average molecular weight is 273 g/mol. The van der Waals surface area contributed by atoms with E-state index in [2.05, 4.69) is 10.3 Å². The number of benzene rings is 1. The minimum absolute atomic E-state index is 0.169. The Bertz CT molecular complexity index is 732. The van der Waals surface area contributed by atoms with Gasteiger partial charge in [0, 0.05) is 29.5 Å². The zero-order chi connectivity index (χ0) is 13.2. The Labute approximate surface area is 113 Å². The van der Waals surface area contributed by atoms with Crippen LogP contribution in [0.2, 0.25) is 0 Å². The topological polar surface area (TPSA) is 55.6 Å². The number of hydrogen-bond donors (Lipinski definition) is 1. The molecule has 1 aromatic carbocycles. The predicted octanol–water partition coefficient (Wildman–Crippen LogP) is 2.66. The molecule has 6 heteroatoms. The summed E-state index contributed by atoms with van der Waals surface area (Å²) in [5.41, 5.74) is 1.27. The number of nitrogens with zero attached hydrogens (tertiary/aromatic N) is 2. The number of imidazole rings is 1. The van der Waals surface area contributed by atoms with Crippen LogP contribution in [0.25, 0.3) is 4.96 Å². The summed E-state index contributed by atoms with van der Waals surface area (Å²) in [5, 5.41) is 4.63. The van der Waals surface area contributed by atoms with E-state index >= 15 is 0 Å². The van der Waals surface area contributed by atoms with E-state index in [1.807, 2.05) is 18.2 Å². The molecule has 0 aliphatic carbocycles. The van der Waals surface area contributed by atoms with Crippen molar-refractivity contribution < 1.29 is 9.53 Å². The zero-order valence-corrected chi connectivity index (χ0v) is 11.0. The van der Waals surface area contributed by atoms with Crippen LogP contribution in [0.15, 0.2) is 42.0 Å². The zero-order valence-electron chi connectivity index (χ0n) is 10.2. The molecule has 2 aromatic heterocycles. The van der Waals surface area contributed by atoms with Crippen LogP contribution in [0.4, 0.5) is 5.69 Å². The van der Waals surface area contributed by atoms with Crippen molar-refractivity contribution >= 4 is 27.9 Å². The molecular weight excluding hydrogens is 262 g/mol. The molecule has 0 aliphatic heterocycles. The van der Waals surface area contributed by atoms with E-state index < -0.39 is 0 Å². The van der Waals surface area contributed by atoms with E-state index in [0.717, 1.165) is 4.96 Å². The molecule has 0 saturated heterocycles. The molecule has 1 N–H and O–H groups in total. The van der Waals surface area contributed by atoms with Crippen molar-refractivity contribution in [2.75, 3.05) is 12.4 Å². The Balaban J connectivity index is 1.87. The van der Waals surface area contributed by atoms with E-state index in [0.29, 0.717) is 17.1 Å². The van der Waals surface area contributed by atoms with Gasteiger partial charge in [-0.15, -0.1) is 11.3 Å². The first-order chi connectivity index (χ1) is 9.28. The number of thiazole rings is 1. The largest absolute Gasteiger partial charge is 0.497 e. The molecule has 0 spiro atoms. The monoisotopic (exact) mass is 273 g/mol. The molecule has 1 amide bonds. The number of hydrogen-bond acceptors (Lipinski definition) is 4. The maximum absolute atomic E-state index is 12.2. The number of ether oxygens (including phenoxy) is 1. The molecule has 0 saturated carbocycles. The highest BCUT2D eigenvalue weighted by molar-refractivity contribution is 7.15. The highest BCUT2D eigenvalue weighted by atomic mass is 32.1. The Morgan fingerprint density at radius 1 is 1.47 bits per heavy atom. The first-order valence-electron chi connectivity index (χ1n) is 5.64. The normalized spacial score (nSPS) is 10.6. The average Bonchev–Trinajstić information content (AvgIpc) is 3.01. The summed E-state index contributed by atoms with van der Waals surface area (Å²) in [6.45, 7) is 0. The van der Waals surface area contributed by atoms with Crippen molar-refractivity contribution in [1.29, 1.82) is 0 Å². The van der Waals surface area contributed by atoms with Crippen LogP contribution in [-0.2, 0) is 0 Å². The van der Waals surface area contributed by atoms with E-state index in [-0.39, 0.29) is 5.91 Å². The molecule has 0 bridgehead atoms. The van der Waals surface area contributed by atoms with Crippen LogP contribution < -0.4 is 10.1 Å². The summed E-state index contributed by atoms with van der Waals surface area (Å²) in [6, 6.07) is 7.25. The maximum Gasteiger partial charge on any atom is 0.273 e. The molecule has 0 aliphatic rings. The van der Waals surface area contributed by atoms with Crippen LogP contribution in [-0.4, -0.2) is 22.4 Å². The third kappa shape index (κ3) is 2.17. The number of carbonyl (C=O) groups is 1. The molecule has 96 valence electrons. The molecule has 19 heavy (non-hydrogen) atoms. The van der Waals surface area contributed by atoms with Gasteiger partial charge in [-0.1, -0.05) is 6.07 Å². The summed E-state index contributed by atoms with van der Waals surface area (Å²) >= 11 is 1.43. The van der Waals surface area contributed by atoms with Crippen LogP contribution in [0.3, 0.4) is 0 Å². The Hall–Kier alpha value is -2.34. The molecule has 3 rings (SSSR count). The number of anilines is 1. The number of fused-ring (bicyclic) bond motifs is 1. The lowest BCUT2D eigenvalue weighted by Gasteiger charge is -2.06. The van der Waals surface area contributed by atoms with Gasteiger partial charge in [0.05, 0.1) is 7.11 Å². The summed E-state index contributed by atoms with van der Waals surface area (Å²) < 4.78 is 6.88. The van der Waals surface area contributed by atoms with Crippen molar-refractivity contribution in [1.82, 2.24) is 9.38 Å². The lowest BCUT2D eigenvalue weighted by molar-refractivity contribution is 0.102. The lowest BCUT2D eigenvalue weighted by atomic mass is 10.3. The molecule has 0 unspecified atom stereocenters. The van der Waals surface area contributed by atoms with Gasteiger partial charge in [-0.05, 0) is 12.1 Å². The minimum atomic E-state index is -0.169.